The lowest BCUT2D eigenvalue weighted by Crippen LogP contribution is -2.61. The van der Waals surface area contributed by atoms with Crippen molar-refractivity contribution < 1.29 is 40.1 Å². The second-order valence-corrected chi connectivity index (χ2v) is 7.87. The fourth-order valence-corrected chi connectivity index (χ4v) is 3.62. The molecule has 0 aliphatic carbocycles. The van der Waals surface area contributed by atoms with Gasteiger partial charge in [-0.1, -0.05) is 36.4 Å². The molecule has 0 bridgehead atoms. The van der Waals surface area contributed by atoms with Gasteiger partial charge in [-0.3, -0.25) is 0 Å². The van der Waals surface area contributed by atoms with Crippen molar-refractivity contribution in [3.63, 3.8) is 0 Å². The molecule has 6 N–H and O–H groups in total. The number of hydrogen-bond acceptors (Lipinski definition) is 8. The van der Waals surface area contributed by atoms with Crippen LogP contribution in [0.3, 0.4) is 0 Å². The zero-order chi connectivity index (χ0) is 22.5. The summed E-state index contributed by atoms with van der Waals surface area (Å²) < 4.78 is 11.4. The molecule has 1 heterocycles. The fraction of sp³-hybridized carbons (Fsp3) is 0.478. The van der Waals surface area contributed by atoms with E-state index in [1.807, 2.05) is 24.3 Å². The van der Waals surface area contributed by atoms with Gasteiger partial charge in [0.1, 0.15) is 30.2 Å². The summed E-state index contributed by atoms with van der Waals surface area (Å²) in [6.07, 6.45) is -7.02. The van der Waals surface area contributed by atoms with E-state index < -0.39 is 36.8 Å². The highest BCUT2D eigenvalue weighted by Gasteiger charge is 2.46. The van der Waals surface area contributed by atoms with Crippen molar-refractivity contribution in [3.05, 3.63) is 64.7 Å². The van der Waals surface area contributed by atoms with Gasteiger partial charge >= 0.3 is 0 Å². The Kier molecular flexibility index (Phi) is 8.01. The molecule has 0 saturated carbocycles. The summed E-state index contributed by atoms with van der Waals surface area (Å²) in [5, 5.41) is 59.0. The number of aliphatic hydroxyl groups excluding tert-OH is 6. The van der Waals surface area contributed by atoms with E-state index in [2.05, 4.69) is 0 Å². The average Bonchev–Trinajstić information content (AvgIpc) is 2.76. The molecular formula is C23H30O8. The van der Waals surface area contributed by atoms with Crippen LogP contribution in [-0.2, 0) is 24.2 Å². The van der Waals surface area contributed by atoms with Crippen LogP contribution in [0.1, 0.15) is 29.2 Å². The van der Waals surface area contributed by atoms with Crippen LogP contribution in [0.2, 0.25) is 0 Å². The molecule has 8 heteroatoms. The third-order valence-electron chi connectivity index (χ3n) is 5.46. The van der Waals surface area contributed by atoms with E-state index in [1.165, 1.54) is 6.92 Å². The van der Waals surface area contributed by atoms with E-state index >= 15 is 0 Å². The van der Waals surface area contributed by atoms with E-state index in [0.29, 0.717) is 24.2 Å². The molecule has 6 atom stereocenters. The Morgan fingerprint density at radius 2 is 1.55 bits per heavy atom. The molecule has 0 unspecified atom stereocenters. The van der Waals surface area contributed by atoms with Crippen molar-refractivity contribution >= 4 is 0 Å². The van der Waals surface area contributed by atoms with Crippen LogP contribution >= 0.6 is 0 Å². The average molecular weight is 434 g/mol. The normalized spacial score (nSPS) is 27.1. The minimum absolute atomic E-state index is 0.0810. The van der Waals surface area contributed by atoms with Crippen LogP contribution < -0.4 is 4.74 Å². The van der Waals surface area contributed by atoms with Crippen LogP contribution in [0.4, 0.5) is 0 Å². The van der Waals surface area contributed by atoms with Crippen LogP contribution in [0.5, 0.6) is 5.75 Å². The molecule has 2 aromatic carbocycles. The zero-order valence-electron chi connectivity index (χ0n) is 17.3. The third kappa shape index (κ3) is 5.61. The van der Waals surface area contributed by atoms with Crippen LogP contribution in [0.15, 0.2) is 42.5 Å². The van der Waals surface area contributed by atoms with Crippen molar-refractivity contribution in [1.29, 1.82) is 0 Å². The fourth-order valence-electron chi connectivity index (χ4n) is 3.62. The van der Waals surface area contributed by atoms with Crippen LogP contribution in [0.25, 0.3) is 0 Å². The Balaban J connectivity index is 1.84. The van der Waals surface area contributed by atoms with Gasteiger partial charge in [0.15, 0.2) is 0 Å². The topological polar surface area (TPSA) is 140 Å². The van der Waals surface area contributed by atoms with Gasteiger partial charge in [0.2, 0.25) is 6.29 Å². The lowest BCUT2D eigenvalue weighted by molar-refractivity contribution is -0.286. The minimum atomic E-state index is -1.55. The summed E-state index contributed by atoms with van der Waals surface area (Å²) in [6, 6.07) is 13.0. The molecule has 1 fully saturated rings. The maximum atomic E-state index is 10.3. The molecule has 31 heavy (non-hydrogen) atoms. The maximum absolute atomic E-state index is 10.3. The van der Waals surface area contributed by atoms with Gasteiger partial charge in [0.25, 0.3) is 0 Å². The largest absolute Gasteiger partial charge is 0.462 e. The second-order valence-electron chi connectivity index (χ2n) is 7.87. The zero-order valence-corrected chi connectivity index (χ0v) is 17.3. The first-order valence-corrected chi connectivity index (χ1v) is 10.3. The molecule has 1 saturated heterocycles. The Morgan fingerprint density at radius 3 is 2.16 bits per heavy atom. The Labute approximate surface area is 180 Å². The van der Waals surface area contributed by atoms with E-state index in [1.54, 1.807) is 18.2 Å². The SMILES string of the molecule is C[C@@H](O)[C@H]1O[C@@H](Oc2cc(CO)ccc2Cc2ccc(CCO)cc2)[C@H](O)[C@@H](O)[C@@H]1O. The van der Waals surface area contributed by atoms with E-state index in [-0.39, 0.29) is 13.2 Å². The van der Waals surface area contributed by atoms with Gasteiger partial charge < -0.3 is 40.1 Å². The number of benzene rings is 2. The van der Waals surface area contributed by atoms with Gasteiger partial charge in [0, 0.05) is 13.0 Å². The first kappa shape index (κ1) is 23.6. The van der Waals surface area contributed by atoms with E-state index in [4.69, 9.17) is 14.6 Å². The quantitative estimate of drug-likeness (QED) is 0.338. The summed E-state index contributed by atoms with van der Waals surface area (Å²) in [5.74, 6) is 0.350. The van der Waals surface area contributed by atoms with Crippen molar-refractivity contribution in [2.45, 2.75) is 63.2 Å². The van der Waals surface area contributed by atoms with E-state index in [9.17, 15) is 25.5 Å². The summed E-state index contributed by atoms with van der Waals surface area (Å²) in [5.41, 5.74) is 3.37. The summed E-state index contributed by atoms with van der Waals surface area (Å²) in [7, 11) is 0. The minimum Gasteiger partial charge on any atom is -0.462 e. The summed E-state index contributed by atoms with van der Waals surface area (Å²) >= 11 is 0. The lowest BCUT2D eigenvalue weighted by Gasteiger charge is -2.41. The molecule has 0 radical (unpaired) electrons. The third-order valence-corrected chi connectivity index (χ3v) is 5.46. The number of rotatable bonds is 8. The van der Waals surface area contributed by atoms with Crippen LogP contribution in [-0.4, -0.2) is 74.1 Å². The smallest absolute Gasteiger partial charge is 0.229 e. The molecule has 1 aliphatic heterocycles. The molecular weight excluding hydrogens is 404 g/mol. The van der Waals surface area contributed by atoms with Crippen molar-refractivity contribution in [2.75, 3.05) is 6.61 Å². The molecule has 8 nitrogen and oxygen atoms in total. The first-order valence-electron chi connectivity index (χ1n) is 10.3. The Hall–Kier alpha value is -2.04. The van der Waals surface area contributed by atoms with E-state index in [0.717, 1.165) is 16.7 Å². The Bertz CT molecular complexity index is 838. The predicted molar refractivity (Wildman–Crippen MR) is 111 cm³/mol. The molecule has 0 amide bonds. The van der Waals surface area contributed by atoms with Crippen molar-refractivity contribution in [2.24, 2.45) is 0 Å². The summed E-state index contributed by atoms with van der Waals surface area (Å²) in [6.45, 7) is 1.28. The summed E-state index contributed by atoms with van der Waals surface area (Å²) in [4.78, 5) is 0. The molecule has 2 aromatic rings. The van der Waals surface area contributed by atoms with Gasteiger partial charge in [-0.25, -0.2) is 0 Å². The highest BCUT2D eigenvalue weighted by molar-refractivity contribution is 5.41. The Morgan fingerprint density at radius 1 is 0.903 bits per heavy atom. The van der Waals surface area contributed by atoms with Crippen molar-refractivity contribution in [1.82, 2.24) is 0 Å². The molecule has 0 spiro atoms. The van der Waals surface area contributed by atoms with Crippen LogP contribution in [0, 0.1) is 0 Å². The number of ether oxygens (including phenoxy) is 2. The molecule has 0 aromatic heterocycles. The first-order chi connectivity index (χ1) is 14.8. The molecule has 3 rings (SSSR count). The number of hydrogen-bond donors (Lipinski definition) is 6. The maximum Gasteiger partial charge on any atom is 0.229 e. The van der Waals surface area contributed by atoms with Crippen molar-refractivity contribution in [3.8, 4) is 5.75 Å². The molecule has 1 aliphatic rings. The van der Waals surface area contributed by atoms with Gasteiger partial charge in [-0.15, -0.1) is 0 Å². The second kappa shape index (κ2) is 10.5. The van der Waals surface area contributed by atoms with Gasteiger partial charge in [-0.05, 0) is 41.7 Å². The van der Waals surface area contributed by atoms with Gasteiger partial charge in [0.05, 0.1) is 12.7 Å². The lowest BCUT2D eigenvalue weighted by atomic mass is 9.96. The highest BCUT2D eigenvalue weighted by atomic mass is 16.7. The van der Waals surface area contributed by atoms with Gasteiger partial charge in [-0.2, -0.15) is 0 Å². The molecule has 170 valence electrons. The monoisotopic (exact) mass is 434 g/mol. The highest BCUT2D eigenvalue weighted by Crippen LogP contribution is 2.30. The standard InChI is InChI=1S/C23H30O8/c1-13(26)22-20(28)19(27)21(29)23(31-22)30-18-11-16(12-25)6-7-17(18)10-15-4-2-14(3-5-15)8-9-24/h2-7,11,13,19-29H,8-10,12H2,1H3/t13-,19+,20+,21-,22-,23-/m1/s1. The predicted octanol–water partition coefficient (Wildman–Crippen LogP) is -0.128. The number of aliphatic hydroxyl groups is 6.